The third-order valence-corrected chi connectivity index (χ3v) is 6.21. The van der Waals surface area contributed by atoms with E-state index in [1.165, 1.54) is 0 Å². The first-order chi connectivity index (χ1) is 13.5. The average molecular weight is 377 g/mol. The largest absolute Gasteiger partial charge is 0.497 e. The number of hydrazone groups is 1. The summed E-state index contributed by atoms with van der Waals surface area (Å²) in [6, 6.07) is 17.1. The lowest BCUT2D eigenvalue weighted by atomic mass is 9.52. The predicted octanol–water partition coefficient (Wildman–Crippen LogP) is 2.56. The van der Waals surface area contributed by atoms with Crippen molar-refractivity contribution in [2.75, 3.05) is 7.11 Å². The summed E-state index contributed by atoms with van der Waals surface area (Å²) in [4.78, 5) is 26.3. The first-order valence-electron chi connectivity index (χ1n) is 9.35. The van der Waals surface area contributed by atoms with Crippen LogP contribution in [0.25, 0.3) is 0 Å². The number of amidine groups is 1. The number of amides is 1. The van der Waals surface area contributed by atoms with Gasteiger partial charge in [0.15, 0.2) is 0 Å². The third-order valence-electron chi connectivity index (χ3n) is 6.21. The van der Waals surface area contributed by atoms with Gasteiger partial charge in [0, 0.05) is 24.2 Å². The van der Waals surface area contributed by atoms with Gasteiger partial charge in [0.1, 0.15) is 22.8 Å². The maximum atomic E-state index is 13.3. The summed E-state index contributed by atoms with van der Waals surface area (Å²) >= 11 is 0. The number of carbonyl (C=O) groups excluding carboxylic acids is 2. The molecule has 2 aromatic rings. The van der Waals surface area contributed by atoms with Crippen LogP contribution >= 0.6 is 0 Å². The van der Waals surface area contributed by atoms with Crippen LogP contribution in [0.1, 0.15) is 36.3 Å². The highest BCUT2D eigenvalue weighted by atomic mass is 16.5. The number of hydrogen-bond donors (Lipinski definition) is 2. The SMILES string of the molecule is COc1ccc(C2CC(=O)[C@H](C)[C@@H](c3ccccc3)C23C(=O)NN=C3N)cc1. The molecule has 2 unspecified atom stereocenters. The van der Waals surface area contributed by atoms with Crippen LogP contribution in [0.4, 0.5) is 0 Å². The number of ether oxygens (including phenoxy) is 1. The minimum atomic E-state index is -1.11. The fourth-order valence-corrected chi connectivity index (χ4v) is 4.82. The van der Waals surface area contributed by atoms with Crippen molar-refractivity contribution in [3.63, 3.8) is 0 Å². The molecule has 0 aromatic heterocycles. The van der Waals surface area contributed by atoms with Gasteiger partial charge in [-0.1, -0.05) is 49.4 Å². The van der Waals surface area contributed by atoms with Crippen molar-refractivity contribution in [1.82, 2.24) is 5.43 Å². The number of nitrogens with zero attached hydrogens (tertiary/aromatic N) is 1. The van der Waals surface area contributed by atoms with E-state index in [-0.39, 0.29) is 29.9 Å². The van der Waals surface area contributed by atoms with E-state index in [1.54, 1.807) is 7.11 Å². The van der Waals surface area contributed by atoms with Crippen molar-refractivity contribution in [3.05, 3.63) is 65.7 Å². The van der Waals surface area contributed by atoms with Crippen LogP contribution in [0, 0.1) is 11.3 Å². The molecule has 1 aliphatic heterocycles. The lowest BCUT2D eigenvalue weighted by Crippen LogP contribution is -2.56. The number of ketones is 1. The van der Waals surface area contributed by atoms with E-state index < -0.39 is 17.3 Å². The molecule has 1 aliphatic carbocycles. The summed E-state index contributed by atoms with van der Waals surface area (Å²) in [5, 5.41) is 4.10. The zero-order valence-electron chi connectivity index (χ0n) is 15.9. The number of nitrogens with two attached hydrogens (primary N) is 1. The normalized spacial score (nSPS) is 29.5. The molecular weight excluding hydrogens is 354 g/mol. The van der Waals surface area contributed by atoms with Crippen molar-refractivity contribution >= 4 is 17.5 Å². The predicted molar refractivity (Wildman–Crippen MR) is 106 cm³/mol. The third kappa shape index (κ3) is 2.52. The van der Waals surface area contributed by atoms with Crippen molar-refractivity contribution in [3.8, 4) is 5.75 Å². The molecule has 0 saturated heterocycles. The molecule has 1 spiro atoms. The first kappa shape index (κ1) is 18.2. The molecule has 1 amide bonds. The molecule has 28 heavy (non-hydrogen) atoms. The molecule has 1 saturated carbocycles. The zero-order chi connectivity index (χ0) is 19.9. The van der Waals surface area contributed by atoms with E-state index in [0.717, 1.165) is 11.1 Å². The Hall–Kier alpha value is -3.15. The van der Waals surface area contributed by atoms with Crippen LogP contribution in [0.2, 0.25) is 0 Å². The maximum absolute atomic E-state index is 13.3. The Balaban J connectivity index is 1.93. The molecule has 2 aromatic carbocycles. The highest BCUT2D eigenvalue weighted by Crippen LogP contribution is 2.57. The number of benzene rings is 2. The summed E-state index contributed by atoms with van der Waals surface area (Å²) < 4.78 is 5.25. The molecule has 4 atom stereocenters. The molecule has 3 N–H and O–H groups in total. The zero-order valence-corrected chi connectivity index (χ0v) is 15.9. The summed E-state index contributed by atoms with van der Waals surface area (Å²) in [6.45, 7) is 1.88. The van der Waals surface area contributed by atoms with Gasteiger partial charge in [-0.3, -0.25) is 9.59 Å². The van der Waals surface area contributed by atoms with E-state index in [1.807, 2.05) is 61.5 Å². The Morgan fingerprint density at radius 3 is 2.32 bits per heavy atom. The van der Waals surface area contributed by atoms with E-state index in [0.29, 0.717) is 5.75 Å². The van der Waals surface area contributed by atoms with Gasteiger partial charge < -0.3 is 10.5 Å². The monoisotopic (exact) mass is 377 g/mol. The number of hydrogen-bond acceptors (Lipinski definition) is 5. The topological polar surface area (TPSA) is 93.8 Å². The van der Waals surface area contributed by atoms with Crippen molar-refractivity contribution in [2.24, 2.45) is 22.2 Å². The number of nitrogens with one attached hydrogen (secondary N) is 1. The summed E-state index contributed by atoms with van der Waals surface area (Å²) in [5.74, 6) is -0.329. The summed E-state index contributed by atoms with van der Waals surface area (Å²) in [6.07, 6.45) is 0.237. The molecule has 6 nitrogen and oxygen atoms in total. The van der Waals surface area contributed by atoms with Gasteiger partial charge in [0.25, 0.3) is 5.91 Å². The van der Waals surface area contributed by atoms with Crippen LogP contribution in [0.15, 0.2) is 59.7 Å². The van der Waals surface area contributed by atoms with Crippen molar-refractivity contribution < 1.29 is 14.3 Å². The second kappa shape index (κ2) is 6.78. The lowest BCUT2D eigenvalue weighted by molar-refractivity contribution is -0.136. The van der Waals surface area contributed by atoms with Gasteiger partial charge in [-0.15, -0.1) is 0 Å². The summed E-state index contributed by atoms with van der Waals surface area (Å²) in [7, 11) is 1.60. The Morgan fingerprint density at radius 1 is 1.07 bits per heavy atom. The molecule has 0 radical (unpaired) electrons. The second-order valence-electron chi connectivity index (χ2n) is 7.48. The number of carbonyl (C=O) groups is 2. The molecule has 0 bridgehead atoms. The molecular formula is C22H23N3O3. The molecule has 2 aliphatic rings. The number of Topliss-reactive ketones (excluding diaryl/α,β-unsaturated/α-hetero) is 1. The van der Waals surface area contributed by atoms with Crippen LogP contribution in [0.3, 0.4) is 0 Å². The second-order valence-corrected chi connectivity index (χ2v) is 7.48. The molecule has 4 rings (SSSR count). The smallest absolute Gasteiger partial charge is 0.255 e. The minimum Gasteiger partial charge on any atom is -0.497 e. The lowest BCUT2D eigenvalue weighted by Gasteiger charge is -2.47. The highest BCUT2D eigenvalue weighted by Gasteiger charge is 2.63. The summed E-state index contributed by atoms with van der Waals surface area (Å²) in [5.41, 5.74) is 9.64. The van der Waals surface area contributed by atoms with Crippen LogP contribution in [0.5, 0.6) is 5.75 Å². The fraction of sp³-hybridized carbons (Fsp3) is 0.318. The van der Waals surface area contributed by atoms with Crippen LogP contribution in [-0.2, 0) is 9.59 Å². The maximum Gasteiger partial charge on any atom is 0.255 e. The van der Waals surface area contributed by atoms with Gasteiger partial charge >= 0.3 is 0 Å². The van der Waals surface area contributed by atoms with Gasteiger partial charge in [-0.25, -0.2) is 5.43 Å². The van der Waals surface area contributed by atoms with Gasteiger partial charge in [0.2, 0.25) is 0 Å². The average Bonchev–Trinajstić information content (AvgIpc) is 3.01. The van der Waals surface area contributed by atoms with Crippen molar-refractivity contribution in [2.45, 2.75) is 25.2 Å². The Morgan fingerprint density at radius 2 is 1.75 bits per heavy atom. The molecule has 1 fully saturated rings. The Kier molecular flexibility index (Phi) is 4.41. The molecule has 6 heteroatoms. The van der Waals surface area contributed by atoms with Crippen LogP contribution < -0.4 is 15.9 Å². The van der Waals surface area contributed by atoms with Crippen LogP contribution in [-0.4, -0.2) is 24.6 Å². The fourth-order valence-electron chi connectivity index (χ4n) is 4.82. The molecule has 1 heterocycles. The Labute approximate surface area is 163 Å². The standard InChI is InChI=1S/C22H23N3O3/c1-13-18(26)12-17(14-8-10-16(28-2)11-9-14)22(20(23)24-25-21(22)27)19(13)15-6-4-3-5-7-15/h3-11,13,17,19H,12H2,1-2H3,(H2,23,24)(H,25,27)/t13-,17?,19-,22?/m0/s1. The first-order valence-corrected chi connectivity index (χ1v) is 9.35. The minimum absolute atomic E-state index is 0.118. The quantitative estimate of drug-likeness (QED) is 0.860. The van der Waals surface area contributed by atoms with E-state index in [4.69, 9.17) is 10.5 Å². The van der Waals surface area contributed by atoms with Crippen molar-refractivity contribution in [1.29, 1.82) is 0 Å². The van der Waals surface area contributed by atoms with E-state index in [9.17, 15) is 9.59 Å². The number of methoxy groups -OCH3 is 1. The molecule has 144 valence electrons. The van der Waals surface area contributed by atoms with Gasteiger partial charge in [-0.05, 0) is 23.3 Å². The van der Waals surface area contributed by atoms with Gasteiger partial charge in [-0.2, -0.15) is 5.10 Å². The Bertz CT molecular complexity index is 939. The van der Waals surface area contributed by atoms with E-state index >= 15 is 0 Å². The van der Waals surface area contributed by atoms with Gasteiger partial charge in [0.05, 0.1) is 7.11 Å². The number of rotatable bonds is 3. The highest BCUT2D eigenvalue weighted by molar-refractivity contribution is 6.14. The van der Waals surface area contributed by atoms with E-state index in [2.05, 4.69) is 10.5 Å².